The van der Waals surface area contributed by atoms with Crippen LogP contribution in [0.1, 0.15) is 5.56 Å². The summed E-state index contributed by atoms with van der Waals surface area (Å²) in [6.45, 7) is 0. The van der Waals surface area contributed by atoms with Gasteiger partial charge < -0.3 is 4.98 Å². The molecule has 0 fully saturated rings. The Morgan fingerprint density at radius 2 is 2.00 bits per heavy atom. The molecule has 0 atom stereocenters. The van der Waals surface area contributed by atoms with E-state index in [2.05, 4.69) is 14.7 Å². The number of anilines is 1. The van der Waals surface area contributed by atoms with Gasteiger partial charge in [-0.15, -0.1) is 0 Å². The zero-order valence-corrected chi connectivity index (χ0v) is 10.4. The first-order valence-corrected chi connectivity index (χ1v) is 6.85. The molecule has 8 nitrogen and oxygen atoms in total. The molecule has 0 bridgehead atoms. The molecular formula is C10H10N4O4S. The molecule has 2 aromatic rings. The highest BCUT2D eigenvalue weighted by Crippen LogP contribution is 2.14. The highest BCUT2D eigenvalue weighted by Gasteiger charge is 2.14. The second-order valence-electron chi connectivity index (χ2n) is 3.72. The standard InChI is InChI=1S/C10H10N4O4S/c15-14(16)9-3-1-8(2-4-9)7-19(17,18)13-10-11-5-6-12-10/h1-6H,7H2,(H2,11,12,13). The first-order chi connectivity index (χ1) is 8.96. The van der Waals surface area contributed by atoms with Gasteiger partial charge in [0.2, 0.25) is 16.0 Å². The summed E-state index contributed by atoms with van der Waals surface area (Å²) in [5.41, 5.74) is 0.366. The lowest BCUT2D eigenvalue weighted by atomic mass is 10.2. The summed E-state index contributed by atoms with van der Waals surface area (Å²) in [6.07, 6.45) is 2.91. The van der Waals surface area contributed by atoms with Crippen LogP contribution >= 0.6 is 0 Å². The number of rotatable bonds is 5. The van der Waals surface area contributed by atoms with Crippen LogP contribution in [0.25, 0.3) is 0 Å². The zero-order chi connectivity index (χ0) is 13.9. The predicted octanol–water partition coefficient (Wildman–Crippen LogP) is 1.26. The van der Waals surface area contributed by atoms with E-state index in [9.17, 15) is 18.5 Å². The van der Waals surface area contributed by atoms with Crippen LogP contribution in [0.4, 0.5) is 11.6 Å². The van der Waals surface area contributed by atoms with Crippen molar-refractivity contribution in [2.45, 2.75) is 5.75 Å². The highest BCUT2D eigenvalue weighted by molar-refractivity contribution is 7.91. The number of hydrogen-bond donors (Lipinski definition) is 2. The Kier molecular flexibility index (Phi) is 3.47. The molecule has 0 radical (unpaired) electrons. The fourth-order valence-electron chi connectivity index (χ4n) is 1.44. The van der Waals surface area contributed by atoms with E-state index in [1.165, 1.54) is 36.7 Å². The van der Waals surface area contributed by atoms with Crippen LogP contribution in [-0.4, -0.2) is 23.3 Å². The molecule has 100 valence electrons. The SMILES string of the molecule is O=[N+]([O-])c1ccc(CS(=O)(=O)Nc2ncc[nH]2)cc1. The van der Waals surface area contributed by atoms with Crippen molar-refractivity contribution < 1.29 is 13.3 Å². The average molecular weight is 282 g/mol. The second kappa shape index (κ2) is 5.06. The monoisotopic (exact) mass is 282 g/mol. The maximum absolute atomic E-state index is 11.8. The molecule has 0 aliphatic heterocycles. The molecule has 2 rings (SSSR count). The molecule has 0 spiro atoms. The lowest BCUT2D eigenvalue weighted by Crippen LogP contribution is -2.15. The van der Waals surface area contributed by atoms with Gasteiger partial charge in [0, 0.05) is 24.5 Å². The minimum atomic E-state index is -3.60. The topological polar surface area (TPSA) is 118 Å². The predicted molar refractivity (Wildman–Crippen MR) is 67.9 cm³/mol. The van der Waals surface area contributed by atoms with Crippen LogP contribution in [0.5, 0.6) is 0 Å². The number of aromatic nitrogens is 2. The minimum Gasteiger partial charge on any atom is -0.330 e. The Balaban J connectivity index is 2.09. The number of aromatic amines is 1. The summed E-state index contributed by atoms with van der Waals surface area (Å²) < 4.78 is 25.8. The zero-order valence-electron chi connectivity index (χ0n) is 9.61. The molecule has 9 heteroatoms. The van der Waals surface area contributed by atoms with E-state index in [0.29, 0.717) is 5.56 Å². The van der Waals surface area contributed by atoms with Crippen molar-refractivity contribution in [3.8, 4) is 0 Å². The van der Waals surface area contributed by atoms with Crippen LogP contribution in [0.15, 0.2) is 36.7 Å². The van der Waals surface area contributed by atoms with Crippen LogP contribution in [0, 0.1) is 10.1 Å². The van der Waals surface area contributed by atoms with Crippen LogP contribution < -0.4 is 4.72 Å². The Hall–Kier alpha value is -2.42. The number of hydrogen-bond acceptors (Lipinski definition) is 5. The average Bonchev–Trinajstić information content (AvgIpc) is 2.81. The Morgan fingerprint density at radius 3 is 2.53 bits per heavy atom. The van der Waals surface area contributed by atoms with Crippen molar-refractivity contribution in [3.05, 3.63) is 52.3 Å². The number of nitro benzene ring substituents is 1. The van der Waals surface area contributed by atoms with E-state index < -0.39 is 14.9 Å². The van der Waals surface area contributed by atoms with Gasteiger partial charge in [0.15, 0.2) is 0 Å². The van der Waals surface area contributed by atoms with Crippen LogP contribution in [0.2, 0.25) is 0 Å². The van der Waals surface area contributed by atoms with E-state index in [-0.39, 0.29) is 17.4 Å². The van der Waals surface area contributed by atoms with Crippen molar-refractivity contribution in [2.24, 2.45) is 0 Å². The Labute approximate surface area is 108 Å². The minimum absolute atomic E-state index is 0.0832. The number of nitro groups is 1. The van der Waals surface area contributed by atoms with E-state index in [1.807, 2.05) is 0 Å². The quantitative estimate of drug-likeness (QED) is 0.632. The second-order valence-corrected chi connectivity index (χ2v) is 5.44. The highest BCUT2D eigenvalue weighted by atomic mass is 32.2. The fraction of sp³-hybridized carbons (Fsp3) is 0.100. The van der Waals surface area contributed by atoms with Gasteiger partial charge in [0.25, 0.3) is 5.69 Å². The van der Waals surface area contributed by atoms with Gasteiger partial charge in [-0.05, 0) is 5.56 Å². The van der Waals surface area contributed by atoms with E-state index in [4.69, 9.17) is 0 Å². The number of nitrogens with zero attached hydrogens (tertiary/aromatic N) is 2. The third-order valence-corrected chi connectivity index (χ3v) is 3.47. The normalized spacial score (nSPS) is 11.2. The molecule has 2 N–H and O–H groups in total. The summed E-state index contributed by atoms with van der Waals surface area (Å²) >= 11 is 0. The van der Waals surface area contributed by atoms with E-state index >= 15 is 0 Å². The summed E-state index contributed by atoms with van der Waals surface area (Å²) in [4.78, 5) is 16.3. The first-order valence-electron chi connectivity index (χ1n) is 5.19. The summed E-state index contributed by atoms with van der Waals surface area (Å²) in [5.74, 6) is -0.159. The van der Waals surface area contributed by atoms with Crippen molar-refractivity contribution in [2.75, 3.05) is 4.72 Å². The van der Waals surface area contributed by atoms with Crippen LogP contribution in [0.3, 0.4) is 0 Å². The number of sulfonamides is 1. The lowest BCUT2D eigenvalue weighted by Gasteiger charge is -2.05. The van der Waals surface area contributed by atoms with Gasteiger partial charge in [0.1, 0.15) is 0 Å². The van der Waals surface area contributed by atoms with E-state index in [0.717, 1.165) is 0 Å². The van der Waals surface area contributed by atoms with Crippen molar-refractivity contribution >= 4 is 21.7 Å². The van der Waals surface area contributed by atoms with Crippen molar-refractivity contribution in [1.82, 2.24) is 9.97 Å². The summed E-state index contributed by atoms with van der Waals surface area (Å²) in [5, 5.41) is 10.5. The van der Waals surface area contributed by atoms with Gasteiger partial charge in [0.05, 0.1) is 10.7 Å². The van der Waals surface area contributed by atoms with Crippen molar-refractivity contribution in [3.63, 3.8) is 0 Å². The lowest BCUT2D eigenvalue weighted by molar-refractivity contribution is -0.384. The van der Waals surface area contributed by atoms with Crippen LogP contribution in [-0.2, 0) is 15.8 Å². The van der Waals surface area contributed by atoms with Gasteiger partial charge in [-0.3, -0.25) is 14.8 Å². The van der Waals surface area contributed by atoms with Gasteiger partial charge >= 0.3 is 0 Å². The molecule has 1 aromatic carbocycles. The number of non-ortho nitro benzene ring substituents is 1. The van der Waals surface area contributed by atoms with Gasteiger partial charge in [-0.25, -0.2) is 13.4 Å². The fourth-order valence-corrected chi connectivity index (χ4v) is 2.55. The molecule has 1 aromatic heterocycles. The maximum atomic E-state index is 11.8. The molecular weight excluding hydrogens is 272 g/mol. The number of benzene rings is 1. The summed E-state index contributed by atoms with van der Waals surface area (Å²) in [6, 6.07) is 5.33. The van der Waals surface area contributed by atoms with Gasteiger partial charge in [-0.1, -0.05) is 12.1 Å². The Morgan fingerprint density at radius 1 is 1.32 bits per heavy atom. The molecule has 0 aliphatic rings. The first kappa shape index (κ1) is 13.0. The molecule has 0 saturated carbocycles. The molecule has 19 heavy (non-hydrogen) atoms. The molecule has 0 aliphatic carbocycles. The molecule has 0 amide bonds. The maximum Gasteiger partial charge on any atom is 0.269 e. The molecule has 0 saturated heterocycles. The third kappa shape index (κ3) is 3.52. The smallest absolute Gasteiger partial charge is 0.269 e. The van der Waals surface area contributed by atoms with E-state index in [1.54, 1.807) is 0 Å². The van der Waals surface area contributed by atoms with Gasteiger partial charge in [-0.2, -0.15) is 0 Å². The Bertz CT molecular complexity index is 664. The third-order valence-electron chi connectivity index (χ3n) is 2.25. The van der Waals surface area contributed by atoms with Crippen molar-refractivity contribution in [1.29, 1.82) is 0 Å². The number of H-pyrrole nitrogens is 1. The summed E-state index contributed by atoms with van der Waals surface area (Å²) in [7, 11) is -3.60. The largest absolute Gasteiger partial charge is 0.330 e. The molecule has 1 heterocycles. The number of nitrogens with one attached hydrogen (secondary N) is 2. The molecule has 0 unspecified atom stereocenters. The number of imidazole rings is 1.